The number of hydrogen-bond donors (Lipinski definition) is 3. The van der Waals surface area contributed by atoms with Crippen molar-refractivity contribution < 1.29 is 13.9 Å². The van der Waals surface area contributed by atoms with Gasteiger partial charge in [0.05, 0.1) is 18.4 Å². The van der Waals surface area contributed by atoms with Crippen LogP contribution in [-0.4, -0.2) is 13.0 Å². The van der Waals surface area contributed by atoms with E-state index >= 15 is 0 Å². The van der Waals surface area contributed by atoms with Crippen LogP contribution in [0.15, 0.2) is 33.6 Å². The molecule has 21 heavy (non-hydrogen) atoms. The lowest BCUT2D eigenvalue weighted by Crippen LogP contribution is -2.30. The van der Waals surface area contributed by atoms with E-state index in [0.29, 0.717) is 28.5 Å². The van der Waals surface area contributed by atoms with Crippen LogP contribution in [0, 0.1) is 6.92 Å². The number of rotatable bonds is 5. The SMILES string of the molecule is COc1ccc(N)c(SCc2cc(C(=O)NN)c(C)o2)c1. The van der Waals surface area contributed by atoms with E-state index in [1.807, 2.05) is 6.07 Å². The number of benzene rings is 1. The van der Waals surface area contributed by atoms with Crippen molar-refractivity contribution in [3.8, 4) is 5.75 Å². The van der Waals surface area contributed by atoms with Crippen LogP contribution in [0.1, 0.15) is 21.9 Å². The van der Waals surface area contributed by atoms with Crippen molar-refractivity contribution in [3.05, 3.63) is 41.3 Å². The zero-order chi connectivity index (χ0) is 15.4. The molecule has 0 saturated carbocycles. The summed E-state index contributed by atoms with van der Waals surface area (Å²) in [6.45, 7) is 1.72. The van der Waals surface area contributed by atoms with Gasteiger partial charge in [-0.05, 0) is 31.2 Å². The third kappa shape index (κ3) is 3.50. The summed E-state index contributed by atoms with van der Waals surface area (Å²) in [6, 6.07) is 7.15. The number of nitrogens with one attached hydrogen (secondary N) is 1. The van der Waals surface area contributed by atoms with Gasteiger partial charge in [-0.3, -0.25) is 10.2 Å². The third-order valence-corrected chi connectivity index (χ3v) is 4.03. The number of aryl methyl sites for hydroxylation is 1. The molecule has 0 fully saturated rings. The number of anilines is 1. The van der Waals surface area contributed by atoms with Gasteiger partial charge in [0.2, 0.25) is 0 Å². The number of hydrazine groups is 1. The molecular formula is C14H17N3O3S. The van der Waals surface area contributed by atoms with Gasteiger partial charge in [0.1, 0.15) is 17.3 Å². The Labute approximate surface area is 126 Å². The van der Waals surface area contributed by atoms with Crippen molar-refractivity contribution in [1.29, 1.82) is 0 Å². The molecule has 0 bridgehead atoms. The van der Waals surface area contributed by atoms with E-state index in [4.69, 9.17) is 20.7 Å². The molecule has 1 aromatic carbocycles. The second kappa shape index (κ2) is 6.55. The zero-order valence-electron chi connectivity index (χ0n) is 11.8. The largest absolute Gasteiger partial charge is 0.497 e. The number of amides is 1. The first-order valence-electron chi connectivity index (χ1n) is 6.21. The summed E-state index contributed by atoms with van der Waals surface area (Å²) in [5.74, 6) is 7.26. The molecule has 0 aliphatic rings. The van der Waals surface area contributed by atoms with Crippen LogP contribution in [0.3, 0.4) is 0 Å². The van der Waals surface area contributed by atoms with Crippen molar-refractivity contribution in [2.75, 3.05) is 12.8 Å². The Kier molecular flexibility index (Phi) is 4.77. The van der Waals surface area contributed by atoms with Gasteiger partial charge in [-0.1, -0.05) is 0 Å². The highest BCUT2D eigenvalue weighted by Gasteiger charge is 2.14. The summed E-state index contributed by atoms with van der Waals surface area (Å²) in [6.07, 6.45) is 0. The fraction of sp³-hybridized carbons (Fsp3) is 0.214. The average molecular weight is 307 g/mol. The maximum absolute atomic E-state index is 11.5. The molecule has 1 heterocycles. The number of hydrogen-bond acceptors (Lipinski definition) is 6. The van der Waals surface area contributed by atoms with Crippen LogP contribution >= 0.6 is 11.8 Å². The van der Waals surface area contributed by atoms with Crippen LogP contribution in [-0.2, 0) is 5.75 Å². The first-order valence-corrected chi connectivity index (χ1v) is 7.20. The van der Waals surface area contributed by atoms with Crippen molar-refractivity contribution in [2.45, 2.75) is 17.6 Å². The first-order chi connectivity index (χ1) is 10.0. The minimum atomic E-state index is -0.367. The Morgan fingerprint density at radius 3 is 2.86 bits per heavy atom. The van der Waals surface area contributed by atoms with E-state index in [0.717, 1.165) is 10.6 Å². The smallest absolute Gasteiger partial charge is 0.268 e. The lowest BCUT2D eigenvalue weighted by molar-refractivity contribution is 0.0952. The van der Waals surface area contributed by atoms with Gasteiger partial charge >= 0.3 is 0 Å². The highest BCUT2D eigenvalue weighted by Crippen LogP contribution is 2.32. The quantitative estimate of drug-likeness (QED) is 0.257. The predicted octanol–water partition coefficient (Wildman–Crippen LogP) is 2.07. The molecule has 0 unspecified atom stereocenters. The van der Waals surface area contributed by atoms with E-state index in [1.165, 1.54) is 11.8 Å². The number of furan rings is 1. The highest BCUT2D eigenvalue weighted by atomic mass is 32.2. The lowest BCUT2D eigenvalue weighted by Gasteiger charge is -2.06. The monoisotopic (exact) mass is 307 g/mol. The number of carbonyl (C=O) groups excluding carboxylic acids is 1. The van der Waals surface area contributed by atoms with E-state index in [1.54, 1.807) is 32.2 Å². The minimum Gasteiger partial charge on any atom is -0.497 e. The predicted molar refractivity (Wildman–Crippen MR) is 82.1 cm³/mol. The van der Waals surface area contributed by atoms with Gasteiger partial charge in [0.15, 0.2) is 0 Å². The molecule has 0 aliphatic carbocycles. The molecule has 0 aliphatic heterocycles. The van der Waals surface area contributed by atoms with Crippen molar-refractivity contribution in [1.82, 2.24) is 5.43 Å². The molecule has 112 valence electrons. The topological polar surface area (TPSA) is 104 Å². The van der Waals surface area contributed by atoms with E-state index < -0.39 is 0 Å². The van der Waals surface area contributed by atoms with Crippen molar-refractivity contribution in [3.63, 3.8) is 0 Å². The standard InChI is InChI=1S/C14H17N3O3S/c1-8-11(14(18)17-16)5-10(20-8)7-21-13-6-9(19-2)3-4-12(13)15/h3-6H,7,15-16H2,1-2H3,(H,17,18). The fourth-order valence-corrected chi connectivity index (χ4v) is 2.71. The van der Waals surface area contributed by atoms with Crippen LogP contribution in [0.4, 0.5) is 5.69 Å². The van der Waals surface area contributed by atoms with Crippen molar-refractivity contribution in [2.24, 2.45) is 5.84 Å². The molecule has 1 aromatic heterocycles. The van der Waals surface area contributed by atoms with Crippen LogP contribution < -0.4 is 21.7 Å². The molecule has 6 nitrogen and oxygen atoms in total. The summed E-state index contributed by atoms with van der Waals surface area (Å²) >= 11 is 1.51. The molecule has 5 N–H and O–H groups in total. The molecule has 0 saturated heterocycles. The number of methoxy groups -OCH3 is 1. The van der Waals surface area contributed by atoms with Crippen LogP contribution in [0.5, 0.6) is 5.75 Å². The third-order valence-electron chi connectivity index (χ3n) is 2.94. The lowest BCUT2D eigenvalue weighted by atomic mass is 10.2. The Balaban J connectivity index is 2.11. The van der Waals surface area contributed by atoms with E-state index in [-0.39, 0.29) is 5.91 Å². The second-order valence-corrected chi connectivity index (χ2v) is 5.37. The number of thioether (sulfide) groups is 1. The highest BCUT2D eigenvalue weighted by molar-refractivity contribution is 7.98. The molecule has 2 aromatic rings. The molecular weight excluding hydrogens is 290 g/mol. The number of nitrogens with two attached hydrogens (primary N) is 2. The van der Waals surface area contributed by atoms with E-state index in [2.05, 4.69) is 5.43 Å². The fourth-order valence-electron chi connectivity index (χ4n) is 1.83. The molecule has 2 rings (SSSR count). The summed E-state index contributed by atoms with van der Waals surface area (Å²) in [5, 5.41) is 0. The summed E-state index contributed by atoms with van der Waals surface area (Å²) in [5.41, 5.74) is 9.12. The Bertz CT molecular complexity index is 655. The summed E-state index contributed by atoms with van der Waals surface area (Å²) in [7, 11) is 1.60. The normalized spacial score (nSPS) is 10.4. The number of nitrogen functional groups attached to an aromatic ring is 2. The van der Waals surface area contributed by atoms with Gasteiger partial charge in [-0.15, -0.1) is 11.8 Å². The molecule has 7 heteroatoms. The van der Waals surface area contributed by atoms with Crippen molar-refractivity contribution >= 4 is 23.4 Å². The summed E-state index contributed by atoms with van der Waals surface area (Å²) < 4.78 is 10.7. The molecule has 0 spiro atoms. The Morgan fingerprint density at radius 2 is 2.19 bits per heavy atom. The van der Waals surface area contributed by atoms with Gasteiger partial charge in [-0.25, -0.2) is 5.84 Å². The van der Waals surface area contributed by atoms with Crippen LogP contribution in [0.25, 0.3) is 0 Å². The molecule has 0 radical (unpaired) electrons. The Morgan fingerprint density at radius 1 is 1.43 bits per heavy atom. The Hall–Kier alpha value is -2.12. The van der Waals surface area contributed by atoms with E-state index in [9.17, 15) is 4.79 Å². The van der Waals surface area contributed by atoms with Gasteiger partial charge in [-0.2, -0.15) is 0 Å². The second-order valence-electron chi connectivity index (χ2n) is 4.35. The minimum absolute atomic E-state index is 0.367. The van der Waals surface area contributed by atoms with Gasteiger partial charge < -0.3 is 14.9 Å². The summed E-state index contributed by atoms with van der Waals surface area (Å²) in [4.78, 5) is 12.4. The number of carbonyl (C=O) groups is 1. The molecule has 0 atom stereocenters. The maximum atomic E-state index is 11.5. The average Bonchev–Trinajstić information content (AvgIpc) is 2.86. The maximum Gasteiger partial charge on any atom is 0.268 e. The van der Waals surface area contributed by atoms with Crippen LogP contribution in [0.2, 0.25) is 0 Å². The number of ether oxygens (including phenoxy) is 1. The molecule has 1 amide bonds. The first kappa shape index (κ1) is 15.3. The zero-order valence-corrected chi connectivity index (χ0v) is 12.6. The van der Waals surface area contributed by atoms with Gasteiger partial charge in [0, 0.05) is 10.6 Å². The van der Waals surface area contributed by atoms with Gasteiger partial charge in [0.25, 0.3) is 5.91 Å².